The number of carbonyl (C=O) groups excluding carboxylic acids is 2. The van der Waals surface area contributed by atoms with Gasteiger partial charge in [0.1, 0.15) is 0 Å². The van der Waals surface area contributed by atoms with Gasteiger partial charge < -0.3 is 20.3 Å². The van der Waals surface area contributed by atoms with Crippen LogP contribution in [0.5, 0.6) is 0 Å². The first kappa shape index (κ1) is 25.6. The van der Waals surface area contributed by atoms with Crippen molar-refractivity contribution < 1.29 is 19.6 Å². The van der Waals surface area contributed by atoms with Gasteiger partial charge in [-0.3, -0.25) is 19.4 Å². The van der Waals surface area contributed by atoms with Crippen molar-refractivity contribution in [1.82, 2.24) is 14.7 Å². The average Bonchev–Trinajstić information content (AvgIpc) is 3.31. The van der Waals surface area contributed by atoms with Gasteiger partial charge in [-0.25, -0.2) is 4.99 Å². The fourth-order valence-corrected chi connectivity index (χ4v) is 5.59. The highest BCUT2D eigenvalue weighted by atomic mass is 35.5. The largest absolute Gasteiger partial charge is 0.488 e. The number of piperazine rings is 1. The average molecular weight is 538 g/mol. The number of hydrogen-bond acceptors (Lipinski definition) is 8. The molecule has 1 saturated heterocycles. The number of amidine groups is 1. The van der Waals surface area contributed by atoms with Crippen molar-refractivity contribution in [3.8, 4) is 0 Å². The first-order chi connectivity index (χ1) is 17.9. The minimum atomic E-state index is -1.66. The summed E-state index contributed by atoms with van der Waals surface area (Å²) in [4.78, 5) is 35.1. The Labute approximate surface area is 224 Å². The molecule has 3 heterocycles. The van der Waals surface area contributed by atoms with Gasteiger partial charge in [-0.1, -0.05) is 47.6 Å². The molecule has 12 heteroatoms. The quantitative estimate of drug-likeness (QED) is 0.365. The number of nitrogens with one attached hydrogen (secondary N) is 1. The van der Waals surface area contributed by atoms with Crippen molar-refractivity contribution in [2.75, 3.05) is 38.0 Å². The molecule has 0 spiro atoms. The normalized spacial score (nSPS) is 19.3. The van der Waals surface area contributed by atoms with Gasteiger partial charge in [0.25, 0.3) is 5.91 Å². The van der Waals surface area contributed by atoms with Gasteiger partial charge in [0.05, 0.1) is 16.6 Å². The van der Waals surface area contributed by atoms with E-state index < -0.39 is 13.0 Å². The van der Waals surface area contributed by atoms with E-state index in [2.05, 4.69) is 20.5 Å². The number of anilines is 1. The number of para-hydroxylation sites is 1. The minimum Gasteiger partial charge on any atom is -0.423 e. The van der Waals surface area contributed by atoms with E-state index in [1.54, 1.807) is 16.7 Å². The van der Waals surface area contributed by atoms with Crippen molar-refractivity contribution >= 4 is 59.1 Å². The Bertz CT molecular complexity index is 1300. The molecule has 190 valence electrons. The Morgan fingerprint density at radius 1 is 1.19 bits per heavy atom. The summed E-state index contributed by atoms with van der Waals surface area (Å²) in [6, 6.07) is 11.5. The van der Waals surface area contributed by atoms with Crippen LogP contribution in [0.1, 0.15) is 22.0 Å². The van der Waals surface area contributed by atoms with E-state index >= 15 is 0 Å². The van der Waals surface area contributed by atoms with Crippen molar-refractivity contribution in [2.24, 2.45) is 4.99 Å². The number of rotatable bonds is 7. The van der Waals surface area contributed by atoms with Crippen molar-refractivity contribution in [3.63, 3.8) is 0 Å². The smallest absolute Gasteiger partial charge is 0.423 e. The number of benzene rings is 2. The summed E-state index contributed by atoms with van der Waals surface area (Å²) in [6.45, 7) is 3.95. The summed E-state index contributed by atoms with van der Waals surface area (Å²) < 4.78 is 0. The predicted molar refractivity (Wildman–Crippen MR) is 147 cm³/mol. The summed E-state index contributed by atoms with van der Waals surface area (Å²) in [5, 5.41) is 24.7. The van der Waals surface area contributed by atoms with E-state index in [1.807, 2.05) is 36.5 Å². The molecule has 2 amide bonds. The lowest BCUT2D eigenvalue weighted by Crippen LogP contribution is -2.47. The van der Waals surface area contributed by atoms with Gasteiger partial charge in [0, 0.05) is 61.3 Å². The molecule has 0 aliphatic carbocycles. The first-order valence-electron chi connectivity index (χ1n) is 11.8. The van der Waals surface area contributed by atoms with Crippen molar-refractivity contribution in [3.05, 3.63) is 82.0 Å². The summed E-state index contributed by atoms with van der Waals surface area (Å²) in [5.74, 6) is -0.403. The van der Waals surface area contributed by atoms with E-state index in [0.29, 0.717) is 5.69 Å². The lowest BCUT2D eigenvalue weighted by atomic mass is 9.80. The topological polar surface area (TPSA) is 109 Å². The molecule has 3 N–H and O–H groups in total. The third-order valence-electron chi connectivity index (χ3n) is 6.49. The Hall–Kier alpha value is -3.09. The Morgan fingerprint density at radius 3 is 2.70 bits per heavy atom. The van der Waals surface area contributed by atoms with Crippen LogP contribution in [0.15, 0.2) is 70.8 Å². The van der Waals surface area contributed by atoms with Crippen LogP contribution < -0.4 is 10.8 Å². The fourth-order valence-electron chi connectivity index (χ4n) is 4.42. The van der Waals surface area contributed by atoms with Crippen LogP contribution in [-0.4, -0.2) is 82.1 Å². The van der Waals surface area contributed by atoms with E-state index in [9.17, 15) is 19.6 Å². The molecule has 1 fully saturated rings. The van der Waals surface area contributed by atoms with Gasteiger partial charge in [-0.2, -0.15) is 0 Å². The van der Waals surface area contributed by atoms with Gasteiger partial charge in [0.15, 0.2) is 5.17 Å². The zero-order valence-corrected chi connectivity index (χ0v) is 21.4. The Balaban J connectivity index is 1.27. The van der Waals surface area contributed by atoms with Gasteiger partial charge in [-0.15, -0.1) is 0 Å². The SMILES string of the molecule is O=CN1CCN(CC2=CSC3=NC(c4ccccc4NC(=O)c4ccc(B(O)O)cc4Cl)C=CN23)CC1. The Kier molecular flexibility index (Phi) is 7.68. The number of carbonyl (C=O) groups is 2. The maximum absolute atomic E-state index is 13.0. The monoisotopic (exact) mass is 537 g/mol. The van der Waals surface area contributed by atoms with E-state index in [-0.39, 0.29) is 22.1 Å². The second-order valence-electron chi connectivity index (χ2n) is 8.87. The Morgan fingerprint density at radius 2 is 1.97 bits per heavy atom. The molecule has 0 radical (unpaired) electrons. The number of thioether (sulfide) groups is 1. The van der Waals surface area contributed by atoms with Crippen LogP contribution in [0.2, 0.25) is 5.02 Å². The van der Waals surface area contributed by atoms with E-state index in [0.717, 1.165) is 55.6 Å². The zero-order valence-electron chi connectivity index (χ0n) is 19.8. The maximum atomic E-state index is 13.0. The highest BCUT2D eigenvalue weighted by Crippen LogP contribution is 2.36. The molecule has 1 atom stereocenters. The molecular formula is C25H25BClN5O4S. The zero-order chi connectivity index (χ0) is 25.9. The van der Waals surface area contributed by atoms with Crippen molar-refractivity contribution in [2.45, 2.75) is 6.04 Å². The highest BCUT2D eigenvalue weighted by Gasteiger charge is 2.29. The standard InChI is InChI=1S/C25H25BClN5O4S/c27-21-13-17(26(35)36)5-6-19(21)24(34)28-22-4-2-1-3-20(22)23-7-8-32-18(15-37-25(32)29-23)14-30-9-11-31(16-33)12-10-30/h1-8,13,15-16,23,35-36H,9-12,14H2,(H,28,34). The summed E-state index contributed by atoms with van der Waals surface area (Å²) in [7, 11) is -1.66. The summed E-state index contributed by atoms with van der Waals surface area (Å²) in [6.07, 6.45) is 4.94. The van der Waals surface area contributed by atoms with E-state index in [1.165, 1.54) is 18.2 Å². The molecule has 1 unspecified atom stereocenters. The molecule has 0 bridgehead atoms. The number of hydrogen-bond donors (Lipinski definition) is 3. The predicted octanol–water partition coefficient (Wildman–Crippen LogP) is 1.86. The maximum Gasteiger partial charge on any atom is 0.488 e. The third-order valence-corrected chi connectivity index (χ3v) is 7.70. The lowest BCUT2D eigenvalue weighted by molar-refractivity contribution is -0.119. The van der Waals surface area contributed by atoms with Crippen LogP contribution in [0, 0.1) is 0 Å². The molecule has 3 aliphatic heterocycles. The van der Waals surface area contributed by atoms with Crippen LogP contribution in [0.3, 0.4) is 0 Å². The molecule has 9 nitrogen and oxygen atoms in total. The van der Waals surface area contributed by atoms with Crippen LogP contribution in [0.4, 0.5) is 5.69 Å². The van der Waals surface area contributed by atoms with Crippen LogP contribution in [0.25, 0.3) is 0 Å². The first-order valence-corrected chi connectivity index (χ1v) is 13.1. The van der Waals surface area contributed by atoms with E-state index in [4.69, 9.17) is 16.6 Å². The number of fused-ring (bicyclic) bond motifs is 1. The highest BCUT2D eigenvalue weighted by molar-refractivity contribution is 8.16. The molecule has 0 saturated carbocycles. The molecule has 37 heavy (non-hydrogen) atoms. The second kappa shape index (κ2) is 11.1. The number of halogens is 1. The van der Waals surface area contributed by atoms with Gasteiger partial charge in [0.2, 0.25) is 6.41 Å². The summed E-state index contributed by atoms with van der Waals surface area (Å²) >= 11 is 7.80. The molecule has 2 aromatic carbocycles. The number of amides is 2. The fraction of sp³-hybridized carbons (Fsp3) is 0.240. The molecule has 5 rings (SSSR count). The van der Waals surface area contributed by atoms with Crippen molar-refractivity contribution in [1.29, 1.82) is 0 Å². The molecular weight excluding hydrogens is 513 g/mol. The summed E-state index contributed by atoms with van der Waals surface area (Å²) in [5.41, 5.74) is 3.04. The lowest BCUT2D eigenvalue weighted by Gasteiger charge is -2.34. The van der Waals surface area contributed by atoms with Crippen LogP contribution >= 0.6 is 23.4 Å². The molecule has 3 aliphatic rings. The number of nitrogens with zero attached hydrogens (tertiary/aromatic N) is 4. The number of aliphatic imine (C=N–C) groups is 1. The molecule has 2 aromatic rings. The third kappa shape index (κ3) is 5.61. The van der Waals surface area contributed by atoms with Gasteiger partial charge >= 0.3 is 7.12 Å². The second-order valence-corrected chi connectivity index (χ2v) is 10.1. The molecule has 0 aromatic heterocycles. The minimum absolute atomic E-state index is 0.127. The van der Waals surface area contributed by atoms with Gasteiger partial charge in [-0.05, 0) is 29.7 Å². The van der Waals surface area contributed by atoms with Crippen LogP contribution in [-0.2, 0) is 4.79 Å².